The summed E-state index contributed by atoms with van der Waals surface area (Å²) in [5.41, 5.74) is 3.23. The van der Waals surface area contributed by atoms with Gasteiger partial charge in [0.1, 0.15) is 10.6 Å². The predicted molar refractivity (Wildman–Crippen MR) is 135 cm³/mol. The highest BCUT2D eigenvalue weighted by molar-refractivity contribution is 7.17. The average Bonchev–Trinajstić information content (AvgIpc) is 3.14. The fourth-order valence-electron chi connectivity index (χ4n) is 4.09. The molecule has 0 atom stereocenters. The molecule has 1 fully saturated rings. The van der Waals surface area contributed by atoms with Crippen molar-refractivity contribution in [1.29, 1.82) is 0 Å². The smallest absolute Gasteiger partial charge is 0.341 e. The van der Waals surface area contributed by atoms with Crippen molar-refractivity contribution < 1.29 is 14.3 Å². The third-order valence-electron chi connectivity index (χ3n) is 5.70. The number of thiophene rings is 1. The highest BCUT2D eigenvalue weighted by Crippen LogP contribution is 2.40. The zero-order valence-corrected chi connectivity index (χ0v) is 20.2. The summed E-state index contributed by atoms with van der Waals surface area (Å²) >= 11 is 7.51. The van der Waals surface area contributed by atoms with E-state index in [4.69, 9.17) is 16.3 Å². The van der Waals surface area contributed by atoms with Crippen molar-refractivity contribution in [3.63, 3.8) is 0 Å². The Balaban J connectivity index is 1.43. The van der Waals surface area contributed by atoms with Gasteiger partial charge in [0, 0.05) is 47.3 Å². The van der Waals surface area contributed by atoms with Crippen LogP contribution in [0.3, 0.4) is 0 Å². The molecule has 1 N–H and O–H groups in total. The summed E-state index contributed by atoms with van der Waals surface area (Å²) in [6, 6.07) is 17.5. The van der Waals surface area contributed by atoms with Crippen LogP contribution in [0.25, 0.3) is 11.1 Å². The average molecular weight is 484 g/mol. The quantitative estimate of drug-likeness (QED) is 0.504. The van der Waals surface area contributed by atoms with E-state index in [-0.39, 0.29) is 12.5 Å². The molecular weight excluding hydrogens is 458 g/mol. The van der Waals surface area contributed by atoms with Crippen molar-refractivity contribution in [3.05, 3.63) is 70.1 Å². The summed E-state index contributed by atoms with van der Waals surface area (Å²) in [5.74, 6) is -0.596. The van der Waals surface area contributed by atoms with E-state index in [9.17, 15) is 9.59 Å². The van der Waals surface area contributed by atoms with Crippen LogP contribution < -0.4 is 10.2 Å². The number of aryl methyl sites for hydroxylation is 1. The molecule has 1 amide bonds. The van der Waals surface area contributed by atoms with Crippen LogP contribution in [0.5, 0.6) is 0 Å². The van der Waals surface area contributed by atoms with Gasteiger partial charge in [-0.15, -0.1) is 11.3 Å². The number of methoxy groups -OCH3 is 1. The largest absolute Gasteiger partial charge is 0.465 e. The number of hydrogen-bond acceptors (Lipinski definition) is 6. The van der Waals surface area contributed by atoms with E-state index in [0.717, 1.165) is 52.9 Å². The zero-order valence-electron chi connectivity index (χ0n) is 18.6. The first kappa shape index (κ1) is 23.3. The number of hydrogen-bond donors (Lipinski definition) is 1. The van der Waals surface area contributed by atoms with E-state index in [0.29, 0.717) is 10.6 Å². The van der Waals surface area contributed by atoms with E-state index in [1.807, 2.05) is 61.5 Å². The lowest BCUT2D eigenvalue weighted by Gasteiger charge is -2.35. The van der Waals surface area contributed by atoms with Crippen molar-refractivity contribution in [1.82, 2.24) is 4.90 Å². The number of esters is 1. The van der Waals surface area contributed by atoms with Crippen LogP contribution >= 0.6 is 22.9 Å². The summed E-state index contributed by atoms with van der Waals surface area (Å²) in [6.07, 6.45) is 0. The Kier molecular flexibility index (Phi) is 7.33. The molecule has 1 aromatic heterocycles. The maximum Gasteiger partial charge on any atom is 0.341 e. The molecule has 0 spiro atoms. The molecule has 6 nitrogen and oxygen atoms in total. The normalized spacial score (nSPS) is 14.2. The highest BCUT2D eigenvalue weighted by atomic mass is 35.5. The molecule has 33 heavy (non-hydrogen) atoms. The van der Waals surface area contributed by atoms with Gasteiger partial charge in [0.15, 0.2) is 0 Å². The molecule has 1 aliphatic rings. The topological polar surface area (TPSA) is 61.9 Å². The van der Waals surface area contributed by atoms with Gasteiger partial charge in [-0.3, -0.25) is 9.69 Å². The lowest BCUT2D eigenvalue weighted by Crippen LogP contribution is -2.48. The second kappa shape index (κ2) is 10.4. The number of anilines is 2. The monoisotopic (exact) mass is 483 g/mol. The summed E-state index contributed by atoms with van der Waals surface area (Å²) in [6.45, 7) is 5.38. The Bertz CT molecular complexity index is 1140. The molecule has 1 saturated heterocycles. The lowest BCUT2D eigenvalue weighted by atomic mass is 10.0. The molecule has 2 heterocycles. The van der Waals surface area contributed by atoms with Crippen LogP contribution in [0, 0.1) is 6.92 Å². The van der Waals surface area contributed by atoms with Gasteiger partial charge in [0.2, 0.25) is 5.91 Å². The van der Waals surface area contributed by atoms with Crippen LogP contribution in [-0.2, 0) is 9.53 Å². The second-order valence-corrected chi connectivity index (χ2v) is 9.55. The molecule has 0 unspecified atom stereocenters. The number of halogens is 1. The second-order valence-electron chi connectivity index (χ2n) is 7.89. The first-order chi connectivity index (χ1) is 16.0. The van der Waals surface area contributed by atoms with Gasteiger partial charge in [-0.05, 0) is 30.7 Å². The molecular formula is C25H26ClN3O3S. The Hall–Kier alpha value is -2.87. The number of carbonyl (C=O) groups is 2. The number of ether oxygens (including phenoxy) is 1. The van der Waals surface area contributed by atoms with Crippen LogP contribution in [0.4, 0.5) is 10.7 Å². The first-order valence-corrected chi connectivity index (χ1v) is 12.0. The minimum Gasteiger partial charge on any atom is -0.465 e. The molecule has 8 heteroatoms. The summed E-state index contributed by atoms with van der Waals surface area (Å²) < 4.78 is 5.04. The number of nitrogens with one attached hydrogen (secondary N) is 1. The van der Waals surface area contributed by atoms with Crippen molar-refractivity contribution in [3.8, 4) is 11.1 Å². The van der Waals surface area contributed by atoms with Crippen molar-refractivity contribution in [2.24, 2.45) is 0 Å². The molecule has 0 aliphatic carbocycles. The number of nitrogens with zero attached hydrogens (tertiary/aromatic N) is 2. The number of amides is 1. The fraction of sp³-hybridized carbons (Fsp3) is 0.280. The number of benzene rings is 2. The Labute approximate surface area is 202 Å². The molecule has 0 saturated carbocycles. The Morgan fingerprint density at radius 3 is 2.45 bits per heavy atom. The molecule has 1 aliphatic heterocycles. The van der Waals surface area contributed by atoms with Gasteiger partial charge < -0.3 is 15.0 Å². The lowest BCUT2D eigenvalue weighted by molar-refractivity contribution is -0.117. The SMILES string of the molecule is COC(=O)c1c(NC(=O)CN2CCN(c3cccc(Cl)c3)CC2)sc(C)c1-c1ccccc1. The van der Waals surface area contributed by atoms with E-state index in [1.54, 1.807) is 0 Å². The number of piperazine rings is 1. The number of rotatable bonds is 6. The maximum atomic E-state index is 12.9. The van der Waals surface area contributed by atoms with Gasteiger partial charge in [0.05, 0.1) is 13.7 Å². The molecule has 172 valence electrons. The van der Waals surface area contributed by atoms with Crippen LogP contribution in [-0.4, -0.2) is 56.6 Å². The van der Waals surface area contributed by atoms with Gasteiger partial charge in [0.25, 0.3) is 0 Å². The summed E-state index contributed by atoms with van der Waals surface area (Å²) in [4.78, 5) is 30.8. The summed E-state index contributed by atoms with van der Waals surface area (Å²) in [5, 5.41) is 4.21. The minimum atomic E-state index is -0.455. The minimum absolute atomic E-state index is 0.141. The zero-order chi connectivity index (χ0) is 23.4. The van der Waals surface area contributed by atoms with Gasteiger partial charge >= 0.3 is 5.97 Å². The van der Waals surface area contributed by atoms with E-state index >= 15 is 0 Å². The maximum absolute atomic E-state index is 12.9. The van der Waals surface area contributed by atoms with Crippen LogP contribution in [0.15, 0.2) is 54.6 Å². The number of carbonyl (C=O) groups excluding carboxylic acids is 2. The van der Waals surface area contributed by atoms with Crippen molar-refractivity contribution in [2.75, 3.05) is 50.1 Å². The molecule has 4 rings (SSSR count). The van der Waals surface area contributed by atoms with Gasteiger partial charge in [-0.1, -0.05) is 48.0 Å². The van der Waals surface area contributed by atoms with Crippen molar-refractivity contribution in [2.45, 2.75) is 6.92 Å². The highest BCUT2D eigenvalue weighted by Gasteiger charge is 2.26. The molecule has 2 aromatic carbocycles. The third-order valence-corrected chi connectivity index (χ3v) is 6.96. The summed E-state index contributed by atoms with van der Waals surface area (Å²) in [7, 11) is 1.36. The molecule has 3 aromatic rings. The Morgan fingerprint density at radius 1 is 1.06 bits per heavy atom. The Morgan fingerprint density at radius 2 is 1.79 bits per heavy atom. The van der Waals surface area contributed by atoms with Gasteiger partial charge in [-0.25, -0.2) is 4.79 Å². The van der Waals surface area contributed by atoms with E-state index in [1.165, 1.54) is 18.4 Å². The third kappa shape index (κ3) is 5.38. The van der Waals surface area contributed by atoms with Gasteiger partial charge in [-0.2, -0.15) is 0 Å². The predicted octanol–water partition coefficient (Wildman–Crippen LogP) is 4.92. The van der Waals surface area contributed by atoms with Crippen molar-refractivity contribution >= 4 is 45.5 Å². The fourth-order valence-corrected chi connectivity index (χ4v) is 5.35. The standard InChI is InChI=1S/C25H26ClN3O3S/c1-17-22(18-7-4-3-5-8-18)23(25(31)32-2)24(33-17)27-21(30)16-28-11-13-29(14-12-28)20-10-6-9-19(26)15-20/h3-10,15H,11-14,16H2,1-2H3,(H,27,30). The first-order valence-electron chi connectivity index (χ1n) is 10.8. The van der Waals surface area contributed by atoms with E-state index < -0.39 is 5.97 Å². The van der Waals surface area contributed by atoms with Crippen LogP contribution in [0.1, 0.15) is 15.2 Å². The molecule has 0 radical (unpaired) electrons. The van der Waals surface area contributed by atoms with E-state index in [2.05, 4.69) is 15.1 Å². The molecule has 0 bridgehead atoms. The van der Waals surface area contributed by atoms with Crippen LogP contribution in [0.2, 0.25) is 5.02 Å².